The minimum Gasteiger partial charge on any atom is -0.481 e. The Bertz CT molecular complexity index is 594. The summed E-state index contributed by atoms with van der Waals surface area (Å²) in [6, 6.07) is 5.79. The van der Waals surface area contributed by atoms with E-state index >= 15 is 0 Å². The number of hydrogen-bond donors (Lipinski definition) is 3. The Labute approximate surface area is 144 Å². The van der Waals surface area contributed by atoms with E-state index in [0.717, 1.165) is 11.1 Å². The average Bonchev–Trinajstić information content (AvgIpc) is 2.54. The van der Waals surface area contributed by atoms with Gasteiger partial charge in [-0.05, 0) is 18.1 Å². The van der Waals surface area contributed by atoms with Crippen LogP contribution in [0.4, 0.5) is 0 Å². The molecule has 2 atom stereocenters. The fraction of sp³-hybridized carbons (Fsp3) is 0.438. The van der Waals surface area contributed by atoms with Crippen LogP contribution in [0.2, 0.25) is 0 Å². The number of carbonyl (C=O) groups excluding carboxylic acids is 2. The van der Waals surface area contributed by atoms with Crippen LogP contribution in [0.1, 0.15) is 17.5 Å². The maximum Gasteiger partial charge on any atom is 0.329 e. The number of aryl methyl sites for hydroxylation is 1. The Morgan fingerprint density at radius 1 is 1.33 bits per heavy atom. The molecule has 1 aromatic rings. The smallest absolute Gasteiger partial charge is 0.329 e. The number of carbonyl (C=O) groups is 3. The van der Waals surface area contributed by atoms with E-state index in [0.29, 0.717) is 11.5 Å². The normalized spacial score (nSPS) is 13.0. The summed E-state index contributed by atoms with van der Waals surface area (Å²) in [5.74, 6) is -1.49. The minimum atomic E-state index is -1.21. The Morgan fingerprint density at radius 2 is 2.00 bits per heavy atom. The molecule has 0 heterocycles. The van der Waals surface area contributed by atoms with Gasteiger partial charge in [-0.25, -0.2) is 4.79 Å². The molecule has 1 amide bonds. The number of carboxylic acids is 1. The molecule has 1 aromatic carbocycles. The molecule has 24 heavy (non-hydrogen) atoms. The predicted octanol–water partition coefficient (Wildman–Crippen LogP) is 0.688. The number of nitrogens with one attached hydrogen (secondary N) is 1. The van der Waals surface area contributed by atoms with Crippen molar-refractivity contribution in [1.29, 1.82) is 0 Å². The van der Waals surface area contributed by atoms with Gasteiger partial charge in [-0.2, -0.15) is 11.8 Å². The summed E-state index contributed by atoms with van der Waals surface area (Å²) in [6.45, 7) is 2.00. The first-order chi connectivity index (χ1) is 11.3. The van der Waals surface area contributed by atoms with Crippen molar-refractivity contribution >= 4 is 29.6 Å². The molecule has 8 heteroatoms. The highest BCUT2D eigenvalue weighted by molar-refractivity contribution is 7.98. The van der Waals surface area contributed by atoms with Crippen LogP contribution in [-0.4, -0.2) is 47.9 Å². The standard InChI is InChI=1S/C16H22N2O5S/c1-10-5-3-4-6-11(10)8-24-9-13(16(22)23-2)18-15(21)12(17)7-14(19)20/h3-6,12-13H,7-9,17H2,1-2H3,(H,18,21)(H,19,20)/t12-,13-/m0/s1. The first-order valence-electron chi connectivity index (χ1n) is 7.33. The number of aliphatic carboxylic acids is 1. The number of thioether (sulfide) groups is 1. The summed E-state index contributed by atoms with van der Waals surface area (Å²) in [5.41, 5.74) is 7.78. The molecule has 1 rings (SSSR count). The summed E-state index contributed by atoms with van der Waals surface area (Å²) in [6.07, 6.45) is -0.504. The van der Waals surface area contributed by atoms with Crippen molar-refractivity contribution in [2.75, 3.05) is 12.9 Å². The molecule has 0 aromatic heterocycles. The van der Waals surface area contributed by atoms with Crippen LogP contribution in [0.5, 0.6) is 0 Å². The lowest BCUT2D eigenvalue weighted by Crippen LogP contribution is -2.50. The maximum atomic E-state index is 11.9. The molecule has 0 bridgehead atoms. The highest BCUT2D eigenvalue weighted by Gasteiger charge is 2.25. The molecule has 0 aliphatic rings. The molecule has 7 nitrogen and oxygen atoms in total. The second kappa shape index (κ2) is 9.94. The number of amides is 1. The third-order valence-electron chi connectivity index (χ3n) is 3.34. The van der Waals surface area contributed by atoms with Crippen molar-refractivity contribution in [3.05, 3.63) is 35.4 Å². The van der Waals surface area contributed by atoms with Crippen molar-refractivity contribution in [3.63, 3.8) is 0 Å². The quantitative estimate of drug-likeness (QED) is 0.558. The van der Waals surface area contributed by atoms with Crippen LogP contribution in [0.3, 0.4) is 0 Å². The van der Waals surface area contributed by atoms with Crippen molar-refractivity contribution < 1.29 is 24.2 Å². The Balaban J connectivity index is 2.59. The van der Waals surface area contributed by atoms with Gasteiger partial charge in [-0.1, -0.05) is 24.3 Å². The fourth-order valence-corrected chi connectivity index (χ4v) is 3.05. The van der Waals surface area contributed by atoms with Gasteiger partial charge < -0.3 is 20.9 Å². The lowest BCUT2D eigenvalue weighted by Gasteiger charge is -2.18. The second-order valence-corrected chi connectivity index (χ2v) is 6.26. The van der Waals surface area contributed by atoms with Gasteiger partial charge in [0.2, 0.25) is 5.91 Å². The lowest BCUT2D eigenvalue weighted by molar-refractivity contribution is -0.144. The zero-order valence-electron chi connectivity index (χ0n) is 13.7. The van der Waals surface area contributed by atoms with E-state index in [-0.39, 0.29) is 0 Å². The average molecular weight is 354 g/mol. The molecule has 132 valence electrons. The number of nitrogens with two attached hydrogens (primary N) is 1. The third-order valence-corrected chi connectivity index (χ3v) is 4.42. The summed E-state index contributed by atoms with van der Waals surface area (Å²) < 4.78 is 4.68. The predicted molar refractivity (Wildman–Crippen MR) is 91.5 cm³/mol. The van der Waals surface area contributed by atoms with E-state index in [2.05, 4.69) is 10.1 Å². The Morgan fingerprint density at radius 3 is 2.58 bits per heavy atom. The molecular formula is C16H22N2O5S. The topological polar surface area (TPSA) is 119 Å². The molecule has 0 unspecified atom stereocenters. The van der Waals surface area contributed by atoms with Gasteiger partial charge >= 0.3 is 11.9 Å². The number of ether oxygens (including phenoxy) is 1. The number of benzene rings is 1. The van der Waals surface area contributed by atoms with Gasteiger partial charge in [0.25, 0.3) is 0 Å². The van der Waals surface area contributed by atoms with Crippen molar-refractivity contribution in [1.82, 2.24) is 5.32 Å². The van der Waals surface area contributed by atoms with Gasteiger partial charge in [0.15, 0.2) is 0 Å². The molecule has 0 saturated carbocycles. The van der Waals surface area contributed by atoms with E-state index in [4.69, 9.17) is 10.8 Å². The summed E-state index contributed by atoms with van der Waals surface area (Å²) in [7, 11) is 1.23. The summed E-state index contributed by atoms with van der Waals surface area (Å²) in [5, 5.41) is 11.1. The highest BCUT2D eigenvalue weighted by atomic mass is 32.2. The van der Waals surface area contributed by atoms with Crippen molar-refractivity contribution in [2.24, 2.45) is 5.73 Å². The Kier molecular flexibility index (Phi) is 8.28. The first-order valence-corrected chi connectivity index (χ1v) is 8.48. The molecular weight excluding hydrogens is 332 g/mol. The molecule has 0 saturated heterocycles. The number of rotatable bonds is 9. The summed E-state index contributed by atoms with van der Waals surface area (Å²) in [4.78, 5) is 34.3. The summed E-state index contributed by atoms with van der Waals surface area (Å²) >= 11 is 1.47. The number of methoxy groups -OCH3 is 1. The molecule has 0 fully saturated rings. The molecule has 4 N–H and O–H groups in total. The van der Waals surface area contributed by atoms with E-state index in [9.17, 15) is 14.4 Å². The minimum absolute atomic E-state index is 0.298. The van der Waals surface area contributed by atoms with Gasteiger partial charge in [-0.3, -0.25) is 9.59 Å². The van der Waals surface area contributed by atoms with Gasteiger partial charge in [-0.15, -0.1) is 0 Å². The monoisotopic (exact) mass is 354 g/mol. The van der Waals surface area contributed by atoms with Crippen LogP contribution in [0.25, 0.3) is 0 Å². The van der Waals surface area contributed by atoms with Gasteiger partial charge in [0, 0.05) is 11.5 Å². The van der Waals surface area contributed by atoms with E-state index < -0.39 is 36.4 Å². The number of esters is 1. The number of carboxylic acid groups (broad SMARTS) is 1. The largest absolute Gasteiger partial charge is 0.481 e. The van der Waals surface area contributed by atoms with Crippen LogP contribution >= 0.6 is 11.8 Å². The van der Waals surface area contributed by atoms with Crippen LogP contribution in [0, 0.1) is 6.92 Å². The Hall–Kier alpha value is -2.06. The second-order valence-electron chi connectivity index (χ2n) is 5.23. The fourth-order valence-electron chi connectivity index (χ4n) is 1.93. The van der Waals surface area contributed by atoms with Crippen LogP contribution < -0.4 is 11.1 Å². The highest BCUT2D eigenvalue weighted by Crippen LogP contribution is 2.17. The zero-order valence-corrected chi connectivity index (χ0v) is 14.5. The molecule has 0 spiro atoms. The van der Waals surface area contributed by atoms with Crippen LogP contribution in [-0.2, 0) is 24.9 Å². The van der Waals surface area contributed by atoms with Crippen molar-refractivity contribution in [2.45, 2.75) is 31.2 Å². The maximum absolute atomic E-state index is 11.9. The molecule has 0 aliphatic carbocycles. The van der Waals surface area contributed by atoms with Crippen molar-refractivity contribution in [3.8, 4) is 0 Å². The van der Waals surface area contributed by atoms with Gasteiger partial charge in [0.1, 0.15) is 6.04 Å². The number of hydrogen-bond acceptors (Lipinski definition) is 6. The lowest BCUT2D eigenvalue weighted by atomic mass is 10.1. The zero-order chi connectivity index (χ0) is 18.1. The molecule has 0 radical (unpaired) electrons. The first kappa shape index (κ1) is 20.0. The van der Waals surface area contributed by atoms with E-state index in [1.165, 1.54) is 18.9 Å². The van der Waals surface area contributed by atoms with E-state index in [1.54, 1.807) is 0 Å². The third kappa shape index (κ3) is 6.59. The van der Waals surface area contributed by atoms with E-state index in [1.807, 2.05) is 31.2 Å². The molecule has 0 aliphatic heterocycles. The SMILES string of the molecule is COC(=O)[C@H](CSCc1ccccc1C)NC(=O)[C@@H](N)CC(=O)O. The van der Waals surface area contributed by atoms with Gasteiger partial charge in [0.05, 0.1) is 19.6 Å². The van der Waals surface area contributed by atoms with Crippen LogP contribution in [0.15, 0.2) is 24.3 Å².